The fourth-order valence-corrected chi connectivity index (χ4v) is 1.76. The Balaban J connectivity index is 0.000000353. The molecule has 0 amide bonds. The third-order valence-corrected chi connectivity index (χ3v) is 2.69. The van der Waals surface area contributed by atoms with E-state index >= 15 is 0 Å². The van der Waals surface area contributed by atoms with Crippen LogP contribution in [0.1, 0.15) is 56.9 Å². The third kappa shape index (κ3) is 5.83. The lowest BCUT2D eigenvalue weighted by atomic mass is 9.97. The van der Waals surface area contributed by atoms with E-state index in [1.807, 2.05) is 20.0 Å². The molecule has 1 saturated heterocycles. The van der Waals surface area contributed by atoms with Crippen LogP contribution in [0.25, 0.3) is 0 Å². The minimum atomic E-state index is 0.587. The highest BCUT2D eigenvalue weighted by Gasteiger charge is 2.05. The molecule has 0 atom stereocenters. The van der Waals surface area contributed by atoms with Gasteiger partial charge in [0.15, 0.2) is 0 Å². The van der Waals surface area contributed by atoms with Crippen molar-refractivity contribution < 1.29 is 0 Å². The Hall–Kier alpha value is -0.890. The number of pyridine rings is 1. The summed E-state index contributed by atoms with van der Waals surface area (Å²) in [6, 6.07) is 2.07. The largest absolute Gasteiger partial charge is 0.317 e. The Morgan fingerprint density at radius 1 is 1.18 bits per heavy atom. The van der Waals surface area contributed by atoms with Crippen LogP contribution in [0.15, 0.2) is 12.3 Å². The van der Waals surface area contributed by atoms with Crippen molar-refractivity contribution in [3.8, 4) is 0 Å². The van der Waals surface area contributed by atoms with Gasteiger partial charge in [0.25, 0.3) is 0 Å². The smallest absolute Gasteiger partial charge is 0.0409 e. The Morgan fingerprint density at radius 2 is 1.65 bits per heavy atom. The van der Waals surface area contributed by atoms with Gasteiger partial charge in [0.2, 0.25) is 0 Å². The van der Waals surface area contributed by atoms with Gasteiger partial charge in [-0.25, -0.2) is 0 Å². The van der Waals surface area contributed by atoms with Gasteiger partial charge in [-0.15, -0.1) is 0 Å². The van der Waals surface area contributed by atoms with Gasteiger partial charge in [0.05, 0.1) is 0 Å². The predicted molar refractivity (Wildman–Crippen MR) is 76.6 cm³/mol. The first kappa shape index (κ1) is 16.1. The van der Waals surface area contributed by atoms with Crippen molar-refractivity contribution in [3.05, 3.63) is 29.1 Å². The van der Waals surface area contributed by atoms with Crippen molar-refractivity contribution in [2.24, 2.45) is 0 Å². The summed E-state index contributed by atoms with van der Waals surface area (Å²) >= 11 is 0. The number of aryl methyl sites for hydroxylation is 2. The average molecular weight is 236 g/mol. The first-order valence-corrected chi connectivity index (χ1v) is 6.75. The molecule has 17 heavy (non-hydrogen) atoms. The molecule has 2 heteroatoms. The topological polar surface area (TPSA) is 24.9 Å². The highest BCUT2D eigenvalue weighted by molar-refractivity contribution is 5.30. The molecule has 0 unspecified atom stereocenters. The van der Waals surface area contributed by atoms with Gasteiger partial charge in [-0.2, -0.15) is 0 Å². The zero-order chi connectivity index (χ0) is 13.3. The molecule has 0 bridgehead atoms. The monoisotopic (exact) mass is 236 g/mol. The van der Waals surface area contributed by atoms with E-state index < -0.39 is 0 Å². The molecular formula is C15H28N2. The minimum Gasteiger partial charge on any atom is -0.317 e. The Bertz CT molecular complexity index is 278. The normalized spacial score (nSPS) is 12.9. The number of hydrogen-bond acceptors (Lipinski definition) is 2. The second-order valence-corrected chi connectivity index (χ2v) is 4.39. The lowest BCUT2D eigenvalue weighted by Gasteiger charge is -2.11. The highest BCUT2D eigenvalue weighted by Crippen LogP contribution is 2.20. The van der Waals surface area contributed by atoms with Crippen LogP contribution < -0.4 is 5.32 Å². The first-order valence-electron chi connectivity index (χ1n) is 6.75. The van der Waals surface area contributed by atoms with Gasteiger partial charge in [-0.1, -0.05) is 27.7 Å². The van der Waals surface area contributed by atoms with E-state index in [9.17, 15) is 0 Å². The molecular weight excluding hydrogens is 208 g/mol. The van der Waals surface area contributed by atoms with Gasteiger partial charge < -0.3 is 5.32 Å². The molecule has 98 valence electrons. The van der Waals surface area contributed by atoms with Crippen molar-refractivity contribution in [1.82, 2.24) is 10.3 Å². The molecule has 1 N–H and O–H groups in total. The van der Waals surface area contributed by atoms with E-state index in [4.69, 9.17) is 0 Å². The summed E-state index contributed by atoms with van der Waals surface area (Å²) in [5.74, 6) is 0.587. The van der Waals surface area contributed by atoms with Crippen molar-refractivity contribution in [1.29, 1.82) is 0 Å². The van der Waals surface area contributed by atoms with E-state index in [1.54, 1.807) is 0 Å². The summed E-state index contributed by atoms with van der Waals surface area (Å²) in [5, 5.41) is 3.11. The molecule has 2 nitrogen and oxygen atoms in total. The van der Waals surface area contributed by atoms with Crippen molar-refractivity contribution >= 4 is 0 Å². The van der Waals surface area contributed by atoms with Crippen LogP contribution in [-0.2, 0) is 0 Å². The molecule has 2 heterocycles. The van der Waals surface area contributed by atoms with Gasteiger partial charge in [-0.05, 0) is 56.5 Å². The third-order valence-electron chi connectivity index (χ3n) is 2.69. The Morgan fingerprint density at radius 3 is 1.88 bits per heavy atom. The summed E-state index contributed by atoms with van der Waals surface area (Å²) in [5.41, 5.74) is 3.92. The van der Waals surface area contributed by atoms with Crippen molar-refractivity contribution in [2.45, 2.75) is 53.9 Å². The van der Waals surface area contributed by atoms with Gasteiger partial charge in [0, 0.05) is 11.9 Å². The molecule has 0 aromatic carbocycles. The predicted octanol–water partition coefficient (Wildman–Crippen LogP) is 3.83. The number of hydrogen-bond donors (Lipinski definition) is 1. The summed E-state index contributed by atoms with van der Waals surface area (Å²) in [7, 11) is 0. The molecule has 1 aromatic heterocycles. The second kappa shape index (κ2) is 9.17. The number of nitrogens with zero attached hydrogens (tertiary/aromatic N) is 1. The highest BCUT2D eigenvalue weighted by atomic mass is 14.9. The number of rotatable bonds is 1. The van der Waals surface area contributed by atoms with Crippen LogP contribution in [0.2, 0.25) is 0 Å². The fraction of sp³-hybridized carbons (Fsp3) is 0.667. The maximum absolute atomic E-state index is 4.26. The molecule has 0 spiro atoms. The second-order valence-electron chi connectivity index (χ2n) is 4.39. The Kier molecular flexibility index (Phi) is 8.69. The molecule has 1 aromatic rings. The van der Waals surface area contributed by atoms with E-state index in [1.165, 1.54) is 36.3 Å². The van der Waals surface area contributed by atoms with Crippen LogP contribution in [0, 0.1) is 13.8 Å². The lowest BCUT2D eigenvalue weighted by molar-refractivity contribution is 0.527. The number of nitrogens with one attached hydrogen (secondary N) is 1. The first-order chi connectivity index (χ1) is 8.13. The lowest BCUT2D eigenvalue weighted by Crippen LogP contribution is -2.29. The van der Waals surface area contributed by atoms with Crippen LogP contribution in [0.4, 0.5) is 0 Å². The van der Waals surface area contributed by atoms with Gasteiger partial charge in [-0.3, -0.25) is 4.98 Å². The maximum atomic E-state index is 4.26. The minimum absolute atomic E-state index is 0.587. The summed E-state index contributed by atoms with van der Waals surface area (Å²) in [6.45, 7) is 15.1. The van der Waals surface area contributed by atoms with Crippen molar-refractivity contribution in [3.63, 3.8) is 0 Å². The summed E-state index contributed by atoms with van der Waals surface area (Å²) < 4.78 is 0. The average Bonchev–Trinajstić information content (AvgIpc) is 2.17. The zero-order valence-electron chi connectivity index (χ0n) is 12.3. The molecule has 1 aliphatic heterocycles. The SMILES string of the molecule is C1CNC1.CC.Cc1ccnc(C)c1C(C)C. The summed E-state index contributed by atoms with van der Waals surface area (Å²) in [4.78, 5) is 4.26. The van der Waals surface area contributed by atoms with Crippen LogP contribution in [-0.4, -0.2) is 18.1 Å². The van der Waals surface area contributed by atoms with E-state index in [0.717, 1.165) is 0 Å². The van der Waals surface area contributed by atoms with E-state index in [-0.39, 0.29) is 0 Å². The molecule has 0 saturated carbocycles. The van der Waals surface area contributed by atoms with Crippen molar-refractivity contribution in [2.75, 3.05) is 13.1 Å². The molecule has 0 aliphatic carbocycles. The Labute approximate surface area is 107 Å². The van der Waals surface area contributed by atoms with Crippen LogP contribution in [0.5, 0.6) is 0 Å². The maximum Gasteiger partial charge on any atom is 0.0409 e. The zero-order valence-corrected chi connectivity index (χ0v) is 12.3. The molecule has 1 fully saturated rings. The van der Waals surface area contributed by atoms with Crippen LogP contribution >= 0.6 is 0 Å². The fourth-order valence-electron chi connectivity index (χ4n) is 1.76. The van der Waals surface area contributed by atoms with E-state index in [2.05, 4.69) is 44.1 Å². The quantitative estimate of drug-likeness (QED) is 0.801. The number of aromatic nitrogens is 1. The standard InChI is InChI=1S/C10H15N.C3H7N.C2H6/c1-7(2)10-8(3)5-6-11-9(10)4;1-2-4-3-1;1-2/h5-7H,1-4H3;4H,1-3H2;1-2H3. The van der Waals surface area contributed by atoms with E-state index in [0.29, 0.717) is 5.92 Å². The van der Waals surface area contributed by atoms with Crippen LogP contribution in [0.3, 0.4) is 0 Å². The molecule has 0 radical (unpaired) electrons. The van der Waals surface area contributed by atoms with Gasteiger partial charge >= 0.3 is 0 Å². The molecule has 2 rings (SSSR count). The molecule has 1 aliphatic rings. The van der Waals surface area contributed by atoms with Gasteiger partial charge in [0.1, 0.15) is 0 Å². The summed E-state index contributed by atoms with van der Waals surface area (Å²) in [6.07, 6.45) is 3.26.